The van der Waals surface area contributed by atoms with Crippen molar-refractivity contribution in [1.29, 1.82) is 0 Å². The maximum Gasteiger partial charge on any atom is 0.171 e. The lowest BCUT2D eigenvalue weighted by atomic mass is 10.1. The van der Waals surface area contributed by atoms with Crippen molar-refractivity contribution in [1.82, 2.24) is 5.16 Å². The van der Waals surface area contributed by atoms with Crippen LogP contribution in [0.1, 0.15) is 0 Å². The molecule has 0 fully saturated rings. The molecule has 0 saturated heterocycles. The minimum Gasteiger partial charge on any atom is -0.508 e. The minimum absolute atomic E-state index is 0.184. The Morgan fingerprint density at radius 2 is 1.81 bits per heavy atom. The summed E-state index contributed by atoms with van der Waals surface area (Å²) in [4.78, 5) is 0. The fourth-order valence-electron chi connectivity index (χ4n) is 1.73. The number of aromatic nitrogens is 1. The summed E-state index contributed by atoms with van der Waals surface area (Å²) < 4.78 is 5.17. The lowest BCUT2D eigenvalue weighted by Crippen LogP contribution is -1.76. The first-order valence-electron chi connectivity index (χ1n) is 4.98. The van der Waals surface area contributed by atoms with Crippen LogP contribution in [-0.4, -0.2) is 10.3 Å². The Balaban J connectivity index is 2.26. The topological polar surface area (TPSA) is 46.3 Å². The average Bonchev–Trinajstić information content (AvgIpc) is 2.73. The molecule has 3 nitrogen and oxygen atoms in total. The molecule has 0 saturated carbocycles. The second kappa shape index (κ2) is 3.38. The maximum atomic E-state index is 9.32. The zero-order valence-corrected chi connectivity index (χ0v) is 8.42. The van der Waals surface area contributed by atoms with Gasteiger partial charge in [-0.15, -0.1) is 0 Å². The molecule has 1 N–H and O–H groups in total. The number of benzene rings is 2. The Bertz CT molecular complexity index is 629. The van der Waals surface area contributed by atoms with E-state index >= 15 is 0 Å². The SMILES string of the molecule is Oc1ccc2c(-c3ccccc3)noc2c1. The highest BCUT2D eigenvalue weighted by Crippen LogP contribution is 2.29. The Morgan fingerprint density at radius 3 is 2.62 bits per heavy atom. The van der Waals surface area contributed by atoms with E-state index in [9.17, 15) is 5.11 Å². The molecule has 0 radical (unpaired) electrons. The van der Waals surface area contributed by atoms with Crippen molar-refractivity contribution in [2.24, 2.45) is 0 Å². The van der Waals surface area contributed by atoms with E-state index in [1.165, 1.54) is 0 Å². The van der Waals surface area contributed by atoms with Gasteiger partial charge < -0.3 is 9.63 Å². The molecule has 1 aromatic heterocycles. The van der Waals surface area contributed by atoms with Crippen LogP contribution >= 0.6 is 0 Å². The van der Waals surface area contributed by atoms with Crippen molar-refractivity contribution in [3.05, 3.63) is 48.5 Å². The van der Waals surface area contributed by atoms with Crippen LogP contribution in [-0.2, 0) is 0 Å². The van der Waals surface area contributed by atoms with Crippen LogP contribution < -0.4 is 0 Å². The third-order valence-corrected chi connectivity index (χ3v) is 2.50. The number of hydrogen-bond donors (Lipinski definition) is 1. The summed E-state index contributed by atoms with van der Waals surface area (Å²) in [5, 5.41) is 14.2. The average molecular weight is 211 g/mol. The predicted octanol–water partition coefficient (Wildman–Crippen LogP) is 3.20. The number of aromatic hydroxyl groups is 1. The molecule has 78 valence electrons. The van der Waals surface area contributed by atoms with Crippen LogP contribution in [0.3, 0.4) is 0 Å². The summed E-state index contributed by atoms with van der Waals surface area (Å²) in [6, 6.07) is 14.8. The van der Waals surface area contributed by atoms with Gasteiger partial charge in [-0.3, -0.25) is 0 Å². The molecule has 1 heterocycles. The van der Waals surface area contributed by atoms with Gasteiger partial charge in [-0.25, -0.2) is 0 Å². The summed E-state index contributed by atoms with van der Waals surface area (Å²) in [7, 11) is 0. The van der Waals surface area contributed by atoms with Gasteiger partial charge in [-0.05, 0) is 12.1 Å². The Morgan fingerprint density at radius 1 is 1.00 bits per heavy atom. The summed E-state index contributed by atoms with van der Waals surface area (Å²) in [5.41, 5.74) is 2.40. The molecule has 0 aliphatic rings. The molecule has 0 aliphatic heterocycles. The van der Waals surface area contributed by atoms with Gasteiger partial charge in [0.25, 0.3) is 0 Å². The van der Waals surface area contributed by atoms with Crippen LogP contribution in [0.5, 0.6) is 5.75 Å². The number of fused-ring (bicyclic) bond motifs is 1. The highest BCUT2D eigenvalue weighted by molar-refractivity contribution is 5.92. The normalized spacial score (nSPS) is 10.8. The zero-order valence-electron chi connectivity index (χ0n) is 8.42. The molecule has 0 unspecified atom stereocenters. The van der Waals surface area contributed by atoms with Gasteiger partial charge in [0.15, 0.2) is 5.58 Å². The fraction of sp³-hybridized carbons (Fsp3) is 0. The number of rotatable bonds is 1. The van der Waals surface area contributed by atoms with Crippen LogP contribution in [0.15, 0.2) is 53.1 Å². The van der Waals surface area contributed by atoms with Crippen molar-refractivity contribution >= 4 is 11.0 Å². The summed E-state index contributed by atoms with van der Waals surface area (Å²) >= 11 is 0. The Hall–Kier alpha value is -2.29. The van der Waals surface area contributed by atoms with Gasteiger partial charge in [-0.1, -0.05) is 35.5 Å². The van der Waals surface area contributed by atoms with E-state index < -0.39 is 0 Å². The van der Waals surface area contributed by atoms with E-state index in [0.717, 1.165) is 16.6 Å². The van der Waals surface area contributed by atoms with Crippen molar-refractivity contribution < 1.29 is 9.63 Å². The largest absolute Gasteiger partial charge is 0.508 e. The van der Waals surface area contributed by atoms with Gasteiger partial charge in [0, 0.05) is 17.0 Å². The maximum absolute atomic E-state index is 9.32. The summed E-state index contributed by atoms with van der Waals surface area (Å²) in [5.74, 6) is 0.184. The van der Waals surface area contributed by atoms with Gasteiger partial charge in [0.05, 0.1) is 0 Å². The number of nitrogens with zero attached hydrogens (tertiary/aromatic N) is 1. The van der Waals surface area contributed by atoms with Gasteiger partial charge >= 0.3 is 0 Å². The smallest absolute Gasteiger partial charge is 0.171 e. The Kier molecular flexibility index (Phi) is 1.90. The quantitative estimate of drug-likeness (QED) is 0.672. The Labute approximate surface area is 91.9 Å². The van der Waals surface area contributed by atoms with E-state index in [1.807, 2.05) is 36.4 Å². The van der Waals surface area contributed by atoms with Gasteiger partial charge in [-0.2, -0.15) is 0 Å². The van der Waals surface area contributed by atoms with E-state index in [4.69, 9.17) is 4.52 Å². The lowest BCUT2D eigenvalue weighted by molar-refractivity contribution is 0.451. The third kappa shape index (κ3) is 1.34. The highest BCUT2D eigenvalue weighted by atomic mass is 16.5. The molecule has 0 bridgehead atoms. The second-order valence-corrected chi connectivity index (χ2v) is 3.58. The predicted molar refractivity (Wildman–Crippen MR) is 61.1 cm³/mol. The molecule has 16 heavy (non-hydrogen) atoms. The van der Waals surface area contributed by atoms with Crippen LogP contribution in [0.2, 0.25) is 0 Å². The monoisotopic (exact) mass is 211 g/mol. The molecule has 0 aliphatic carbocycles. The zero-order chi connectivity index (χ0) is 11.0. The van der Waals surface area contributed by atoms with Gasteiger partial charge in [0.2, 0.25) is 0 Å². The third-order valence-electron chi connectivity index (χ3n) is 2.50. The van der Waals surface area contributed by atoms with Crippen molar-refractivity contribution in [3.63, 3.8) is 0 Å². The number of phenols is 1. The highest BCUT2D eigenvalue weighted by Gasteiger charge is 2.09. The number of phenolic OH excluding ortho intramolecular Hbond substituents is 1. The lowest BCUT2D eigenvalue weighted by Gasteiger charge is -1.95. The van der Waals surface area contributed by atoms with Gasteiger partial charge in [0.1, 0.15) is 11.4 Å². The van der Waals surface area contributed by atoms with Crippen molar-refractivity contribution in [3.8, 4) is 17.0 Å². The first kappa shape index (κ1) is 8.97. The van der Waals surface area contributed by atoms with E-state index in [2.05, 4.69) is 5.16 Å². The molecular formula is C13H9NO2. The molecule has 3 aromatic rings. The molecule has 2 aromatic carbocycles. The first-order chi connectivity index (χ1) is 7.84. The molecule has 0 spiro atoms. The van der Waals surface area contributed by atoms with E-state index in [1.54, 1.807) is 12.1 Å². The molecule has 0 amide bonds. The van der Waals surface area contributed by atoms with Crippen molar-refractivity contribution in [2.45, 2.75) is 0 Å². The van der Waals surface area contributed by atoms with Crippen molar-refractivity contribution in [2.75, 3.05) is 0 Å². The van der Waals surface area contributed by atoms with E-state index in [0.29, 0.717) is 5.58 Å². The minimum atomic E-state index is 0.184. The molecule has 3 heteroatoms. The first-order valence-corrected chi connectivity index (χ1v) is 4.98. The number of hydrogen-bond acceptors (Lipinski definition) is 3. The molecular weight excluding hydrogens is 202 g/mol. The van der Waals surface area contributed by atoms with Crippen LogP contribution in [0, 0.1) is 0 Å². The fourth-order valence-corrected chi connectivity index (χ4v) is 1.73. The molecule has 3 rings (SSSR count). The summed E-state index contributed by atoms with van der Waals surface area (Å²) in [6.45, 7) is 0. The van der Waals surface area contributed by atoms with Crippen LogP contribution in [0.25, 0.3) is 22.2 Å². The molecule has 0 atom stereocenters. The van der Waals surface area contributed by atoms with E-state index in [-0.39, 0.29) is 5.75 Å². The second-order valence-electron chi connectivity index (χ2n) is 3.58. The summed E-state index contributed by atoms with van der Waals surface area (Å²) in [6.07, 6.45) is 0. The standard InChI is InChI=1S/C13H9NO2/c15-10-6-7-11-12(8-10)16-14-13(11)9-4-2-1-3-5-9/h1-8,15H. The van der Waals surface area contributed by atoms with Crippen LogP contribution in [0.4, 0.5) is 0 Å².